The lowest BCUT2D eigenvalue weighted by Gasteiger charge is -2.26. The van der Waals surface area contributed by atoms with E-state index in [1.165, 1.54) is 11.1 Å². The molecule has 0 saturated heterocycles. The van der Waals surface area contributed by atoms with Gasteiger partial charge < -0.3 is 14.9 Å². The third-order valence-corrected chi connectivity index (χ3v) is 4.08. The summed E-state index contributed by atoms with van der Waals surface area (Å²) in [5.74, 6) is 1.14. The molecule has 0 amide bonds. The molecule has 0 saturated carbocycles. The summed E-state index contributed by atoms with van der Waals surface area (Å²) >= 11 is 0. The van der Waals surface area contributed by atoms with Gasteiger partial charge in [-0.05, 0) is 48.3 Å². The van der Waals surface area contributed by atoms with E-state index in [0.717, 1.165) is 12.2 Å². The molecule has 3 nitrogen and oxygen atoms in total. The van der Waals surface area contributed by atoms with Crippen LogP contribution in [0.25, 0.3) is 0 Å². The normalized spacial score (nSPS) is 16.4. The molecule has 2 N–H and O–H groups in total. The van der Waals surface area contributed by atoms with Gasteiger partial charge in [0.25, 0.3) is 0 Å². The monoisotopic (exact) mass is 294 g/mol. The zero-order chi connectivity index (χ0) is 16.2. The summed E-state index contributed by atoms with van der Waals surface area (Å²) in [7, 11) is 1.69. The van der Waals surface area contributed by atoms with Crippen molar-refractivity contribution in [1.29, 1.82) is 0 Å². The predicted molar refractivity (Wildman–Crippen MR) is 87.0 cm³/mol. The zero-order valence-corrected chi connectivity index (χ0v) is 14.2. The molecule has 3 heteroatoms. The number of benzene rings is 1. The molecule has 21 heavy (non-hydrogen) atoms. The zero-order valence-electron chi connectivity index (χ0n) is 14.2. The fourth-order valence-corrected chi connectivity index (χ4v) is 2.59. The second-order valence-electron chi connectivity index (χ2n) is 6.86. The maximum atomic E-state index is 9.94. The van der Waals surface area contributed by atoms with Gasteiger partial charge in [-0.25, -0.2) is 0 Å². The SMILES string of the molecule is CCC(CC(O)C(C)O)c1ccc(OC)c(C(C)(C)C)c1. The van der Waals surface area contributed by atoms with Crippen molar-refractivity contribution in [1.82, 2.24) is 0 Å². The lowest BCUT2D eigenvalue weighted by atomic mass is 9.82. The summed E-state index contributed by atoms with van der Waals surface area (Å²) in [6, 6.07) is 6.26. The fraction of sp³-hybridized carbons (Fsp3) is 0.667. The Labute approximate surface area is 129 Å². The number of aliphatic hydroxyl groups excluding tert-OH is 2. The summed E-state index contributed by atoms with van der Waals surface area (Å²) in [5, 5.41) is 19.5. The summed E-state index contributed by atoms with van der Waals surface area (Å²) < 4.78 is 5.47. The standard InChI is InChI=1S/C18H30O3/c1-7-13(11-16(20)12(2)19)14-8-9-17(21-6)15(10-14)18(3,4)5/h8-10,12-13,16,19-20H,7,11H2,1-6H3. The first-order chi connectivity index (χ1) is 9.70. The molecule has 0 heterocycles. The smallest absolute Gasteiger partial charge is 0.122 e. The van der Waals surface area contributed by atoms with E-state index >= 15 is 0 Å². The number of ether oxygens (including phenoxy) is 1. The Kier molecular flexibility index (Phi) is 6.24. The van der Waals surface area contributed by atoms with Crippen molar-refractivity contribution in [3.8, 4) is 5.75 Å². The Morgan fingerprint density at radius 1 is 1.19 bits per heavy atom. The fourth-order valence-electron chi connectivity index (χ4n) is 2.59. The molecular formula is C18H30O3. The van der Waals surface area contributed by atoms with Crippen molar-refractivity contribution in [3.63, 3.8) is 0 Å². The van der Waals surface area contributed by atoms with Gasteiger partial charge in [0.2, 0.25) is 0 Å². The summed E-state index contributed by atoms with van der Waals surface area (Å²) in [4.78, 5) is 0. The van der Waals surface area contributed by atoms with Crippen molar-refractivity contribution in [2.75, 3.05) is 7.11 Å². The van der Waals surface area contributed by atoms with Gasteiger partial charge in [-0.3, -0.25) is 0 Å². The van der Waals surface area contributed by atoms with Crippen LogP contribution in [0.4, 0.5) is 0 Å². The van der Waals surface area contributed by atoms with Crippen LogP contribution in [0.3, 0.4) is 0 Å². The Morgan fingerprint density at radius 3 is 2.24 bits per heavy atom. The number of rotatable bonds is 6. The minimum Gasteiger partial charge on any atom is -0.496 e. The van der Waals surface area contributed by atoms with Crippen molar-refractivity contribution in [2.24, 2.45) is 0 Å². The molecule has 1 rings (SSSR count). The van der Waals surface area contributed by atoms with Gasteiger partial charge in [-0.2, -0.15) is 0 Å². The molecule has 120 valence electrons. The van der Waals surface area contributed by atoms with Gasteiger partial charge in [0.1, 0.15) is 5.75 Å². The lowest BCUT2D eigenvalue weighted by Crippen LogP contribution is -2.25. The third-order valence-electron chi connectivity index (χ3n) is 4.08. The first-order valence-electron chi connectivity index (χ1n) is 7.75. The van der Waals surface area contributed by atoms with Crippen LogP contribution in [-0.4, -0.2) is 29.5 Å². The van der Waals surface area contributed by atoms with E-state index < -0.39 is 12.2 Å². The summed E-state index contributed by atoms with van der Waals surface area (Å²) in [6.07, 6.45) is 0.124. The lowest BCUT2D eigenvalue weighted by molar-refractivity contribution is 0.0215. The predicted octanol–water partition coefficient (Wildman–Crippen LogP) is 3.62. The van der Waals surface area contributed by atoms with E-state index in [1.54, 1.807) is 14.0 Å². The molecule has 0 spiro atoms. The van der Waals surface area contributed by atoms with Crippen LogP contribution in [0, 0.1) is 0 Å². The van der Waals surface area contributed by atoms with Crippen molar-refractivity contribution in [2.45, 2.75) is 71.0 Å². The highest BCUT2D eigenvalue weighted by Gasteiger charge is 2.23. The molecule has 0 bridgehead atoms. The molecule has 0 radical (unpaired) electrons. The number of hydrogen-bond acceptors (Lipinski definition) is 3. The van der Waals surface area contributed by atoms with Crippen LogP contribution in [0.15, 0.2) is 18.2 Å². The highest BCUT2D eigenvalue weighted by atomic mass is 16.5. The summed E-state index contributed by atoms with van der Waals surface area (Å²) in [6.45, 7) is 10.2. The first kappa shape index (κ1) is 18.0. The van der Waals surface area contributed by atoms with Crippen LogP contribution >= 0.6 is 0 Å². The average Bonchev–Trinajstić information content (AvgIpc) is 2.42. The third kappa shape index (κ3) is 4.72. The van der Waals surface area contributed by atoms with E-state index in [2.05, 4.69) is 39.8 Å². The second-order valence-corrected chi connectivity index (χ2v) is 6.86. The van der Waals surface area contributed by atoms with E-state index in [0.29, 0.717) is 6.42 Å². The van der Waals surface area contributed by atoms with Crippen molar-refractivity contribution < 1.29 is 14.9 Å². The molecule has 3 unspecified atom stereocenters. The molecule has 3 atom stereocenters. The van der Waals surface area contributed by atoms with Crippen LogP contribution in [-0.2, 0) is 5.41 Å². The Balaban J connectivity index is 3.11. The maximum Gasteiger partial charge on any atom is 0.122 e. The van der Waals surface area contributed by atoms with E-state index in [9.17, 15) is 10.2 Å². The Hall–Kier alpha value is -1.06. The second kappa shape index (κ2) is 7.28. The molecule has 1 aromatic carbocycles. The van der Waals surface area contributed by atoms with Crippen LogP contribution < -0.4 is 4.74 Å². The topological polar surface area (TPSA) is 49.7 Å². The number of hydrogen-bond donors (Lipinski definition) is 2. The molecule has 0 aliphatic rings. The van der Waals surface area contributed by atoms with Crippen LogP contribution in [0.2, 0.25) is 0 Å². The van der Waals surface area contributed by atoms with Crippen molar-refractivity contribution in [3.05, 3.63) is 29.3 Å². The van der Waals surface area contributed by atoms with E-state index in [4.69, 9.17) is 4.74 Å². The molecule has 0 aromatic heterocycles. The molecular weight excluding hydrogens is 264 g/mol. The maximum absolute atomic E-state index is 9.94. The van der Waals surface area contributed by atoms with Crippen LogP contribution in [0.1, 0.15) is 64.5 Å². The van der Waals surface area contributed by atoms with E-state index in [1.807, 2.05) is 6.07 Å². The minimum absolute atomic E-state index is 0.00251. The Bertz CT molecular complexity index is 446. The highest BCUT2D eigenvalue weighted by molar-refractivity contribution is 5.42. The largest absolute Gasteiger partial charge is 0.496 e. The van der Waals surface area contributed by atoms with Crippen LogP contribution in [0.5, 0.6) is 5.75 Å². The molecule has 1 aromatic rings. The molecule has 0 aliphatic heterocycles. The molecule has 0 aliphatic carbocycles. The first-order valence-corrected chi connectivity index (χ1v) is 7.75. The van der Waals surface area contributed by atoms with Gasteiger partial charge in [-0.15, -0.1) is 0 Å². The van der Waals surface area contributed by atoms with Gasteiger partial charge in [-0.1, -0.05) is 39.8 Å². The van der Waals surface area contributed by atoms with Gasteiger partial charge in [0.15, 0.2) is 0 Å². The minimum atomic E-state index is -0.695. The highest BCUT2D eigenvalue weighted by Crippen LogP contribution is 2.35. The summed E-state index contributed by atoms with van der Waals surface area (Å²) in [5.41, 5.74) is 2.37. The van der Waals surface area contributed by atoms with Gasteiger partial charge in [0.05, 0.1) is 19.3 Å². The number of methoxy groups -OCH3 is 1. The quantitative estimate of drug-likeness (QED) is 0.842. The van der Waals surface area contributed by atoms with Gasteiger partial charge in [0, 0.05) is 0 Å². The van der Waals surface area contributed by atoms with Crippen molar-refractivity contribution >= 4 is 0 Å². The molecule has 0 fully saturated rings. The van der Waals surface area contributed by atoms with Gasteiger partial charge >= 0.3 is 0 Å². The van der Waals surface area contributed by atoms with E-state index in [-0.39, 0.29) is 11.3 Å². The average molecular weight is 294 g/mol. The number of aliphatic hydroxyl groups is 2. The Morgan fingerprint density at radius 2 is 1.81 bits per heavy atom.